The molecule has 10 heteroatoms. The van der Waals surface area contributed by atoms with Crippen LogP contribution in [0.15, 0.2) is 84.0 Å². The van der Waals surface area contributed by atoms with Crippen LogP contribution in [0.3, 0.4) is 0 Å². The van der Waals surface area contributed by atoms with Crippen molar-refractivity contribution in [2.24, 2.45) is 5.10 Å². The maximum atomic E-state index is 12.0. The second-order valence-electron chi connectivity index (χ2n) is 6.90. The first-order valence-electron chi connectivity index (χ1n) is 10.3. The average Bonchev–Trinajstić information content (AvgIpc) is 2.87. The van der Waals surface area contributed by atoms with Gasteiger partial charge in [0.25, 0.3) is 5.91 Å². The van der Waals surface area contributed by atoms with Gasteiger partial charge in [0.15, 0.2) is 12.4 Å². The maximum absolute atomic E-state index is 12.0. The Bertz CT molecular complexity index is 1240. The number of para-hydroxylation sites is 2. The molecule has 0 aliphatic rings. The molecular weight excluding hydrogens is 454 g/mol. The Kier molecular flexibility index (Phi) is 8.66. The van der Waals surface area contributed by atoms with Crippen molar-refractivity contribution in [2.75, 3.05) is 13.7 Å². The predicted molar refractivity (Wildman–Crippen MR) is 128 cm³/mol. The number of amides is 1. The number of nitrogens with one attached hydrogen (secondary N) is 1. The van der Waals surface area contributed by atoms with Gasteiger partial charge >= 0.3 is 11.7 Å². The van der Waals surface area contributed by atoms with Crippen LogP contribution >= 0.6 is 0 Å². The Balaban J connectivity index is 1.45. The van der Waals surface area contributed by atoms with Gasteiger partial charge in [-0.3, -0.25) is 14.9 Å². The van der Waals surface area contributed by atoms with Crippen molar-refractivity contribution in [3.8, 4) is 17.2 Å². The molecular formula is C25H21N3O7. The van der Waals surface area contributed by atoms with Crippen molar-refractivity contribution in [1.82, 2.24) is 5.43 Å². The Morgan fingerprint density at radius 2 is 1.63 bits per heavy atom. The molecule has 0 spiro atoms. The topological polar surface area (TPSA) is 129 Å². The molecule has 10 nitrogen and oxygen atoms in total. The first-order chi connectivity index (χ1) is 16.9. The van der Waals surface area contributed by atoms with Crippen molar-refractivity contribution < 1.29 is 28.7 Å². The van der Waals surface area contributed by atoms with Crippen LogP contribution in [-0.2, 0) is 9.59 Å². The lowest BCUT2D eigenvalue weighted by atomic mass is 10.2. The summed E-state index contributed by atoms with van der Waals surface area (Å²) in [5, 5.41) is 14.8. The standard InChI is InChI=1S/C25H21N3O7/c1-33-20-11-6-18(7-12-20)10-15-25(30)35-21-13-8-19(9-14-21)16-26-27-24(29)17-34-23-5-3-2-4-22(23)28(31)32/h2-16H,17H2,1H3,(H,27,29)/b15-10+,26-16+. The third-order valence-corrected chi connectivity index (χ3v) is 4.45. The zero-order chi connectivity index (χ0) is 25.0. The fourth-order valence-corrected chi connectivity index (χ4v) is 2.74. The molecule has 0 aliphatic heterocycles. The molecule has 0 heterocycles. The van der Waals surface area contributed by atoms with E-state index in [9.17, 15) is 19.7 Å². The Hall–Kier alpha value is -4.99. The fourth-order valence-electron chi connectivity index (χ4n) is 2.74. The van der Waals surface area contributed by atoms with Gasteiger partial charge in [-0.2, -0.15) is 5.10 Å². The summed E-state index contributed by atoms with van der Waals surface area (Å²) in [6, 6.07) is 19.4. The molecule has 1 N–H and O–H groups in total. The van der Waals surface area contributed by atoms with Crippen molar-refractivity contribution >= 4 is 29.9 Å². The molecule has 0 saturated heterocycles. The van der Waals surface area contributed by atoms with Crippen LogP contribution in [0.25, 0.3) is 6.08 Å². The number of hydrogen-bond acceptors (Lipinski definition) is 8. The summed E-state index contributed by atoms with van der Waals surface area (Å²) in [5.74, 6) is -0.0736. The smallest absolute Gasteiger partial charge is 0.336 e. The molecule has 0 radical (unpaired) electrons. The number of carbonyl (C=O) groups is 2. The number of hydrazone groups is 1. The highest BCUT2D eigenvalue weighted by Crippen LogP contribution is 2.25. The normalized spacial score (nSPS) is 10.8. The van der Waals surface area contributed by atoms with Crippen LogP contribution in [0.5, 0.6) is 17.2 Å². The van der Waals surface area contributed by atoms with E-state index in [1.54, 1.807) is 55.7 Å². The van der Waals surface area contributed by atoms with E-state index in [0.717, 1.165) is 11.3 Å². The average molecular weight is 475 g/mol. The molecule has 0 aromatic heterocycles. The van der Waals surface area contributed by atoms with Gasteiger partial charge in [0, 0.05) is 12.1 Å². The summed E-state index contributed by atoms with van der Waals surface area (Å²) < 4.78 is 15.5. The second kappa shape index (κ2) is 12.3. The molecule has 0 unspecified atom stereocenters. The van der Waals surface area contributed by atoms with E-state index in [4.69, 9.17) is 14.2 Å². The van der Waals surface area contributed by atoms with Gasteiger partial charge in [0.05, 0.1) is 18.2 Å². The number of nitro groups is 1. The number of hydrogen-bond donors (Lipinski definition) is 1. The predicted octanol–water partition coefficient (Wildman–Crippen LogP) is 3.75. The van der Waals surface area contributed by atoms with E-state index in [-0.39, 0.29) is 11.4 Å². The third kappa shape index (κ3) is 7.82. The molecule has 1 amide bonds. The number of nitrogens with zero attached hydrogens (tertiary/aromatic N) is 2. The minimum atomic E-state index is -0.594. The summed E-state index contributed by atoms with van der Waals surface area (Å²) in [6.45, 7) is -0.443. The number of nitro benzene ring substituents is 1. The third-order valence-electron chi connectivity index (χ3n) is 4.45. The molecule has 0 saturated carbocycles. The fraction of sp³-hybridized carbons (Fsp3) is 0.0800. The quantitative estimate of drug-likeness (QED) is 0.118. The summed E-state index contributed by atoms with van der Waals surface area (Å²) in [6.07, 6.45) is 4.34. The lowest BCUT2D eigenvalue weighted by molar-refractivity contribution is -0.385. The van der Waals surface area contributed by atoms with Gasteiger partial charge in [-0.15, -0.1) is 0 Å². The second-order valence-corrected chi connectivity index (χ2v) is 6.90. The van der Waals surface area contributed by atoms with Crippen LogP contribution in [0.4, 0.5) is 5.69 Å². The molecule has 0 atom stereocenters. The van der Waals surface area contributed by atoms with Crippen LogP contribution in [0.1, 0.15) is 11.1 Å². The SMILES string of the molecule is COc1ccc(/C=C/C(=O)Oc2ccc(/C=N/NC(=O)COc3ccccc3[N+](=O)[O-])cc2)cc1. The Morgan fingerprint density at radius 3 is 2.31 bits per heavy atom. The van der Waals surface area contributed by atoms with Gasteiger partial charge in [-0.1, -0.05) is 24.3 Å². The number of ether oxygens (including phenoxy) is 3. The van der Waals surface area contributed by atoms with Crippen molar-refractivity contribution in [2.45, 2.75) is 0 Å². The summed E-state index contributed by atoms with van der Waals surface area (Å²) in [5.41, 5.74) is 3.49. The minimum absolute atomic E-state index is 0.0133. The van der Waals surface area contributed by atoms with Gasteiger partial charge in [-0.25, -0.2) is 10.2 Å². The van der Waals surface area contributed by atoms with E-state index in [2.05, 4.69) is 10.5 Å². The first kappa shape index (κ1) is 24.6. The molecule has 3 aromatic rings. The number of benzene rings is 3. The van der Waals surface area contributed by atoms with Crippen LogP contribution in [-0.4, -0.2) is 36.7 Å². The summed E-state index contributed by atoms with van der Waals surface area (Å²) >= 11 is 0. The molecule has 178 valence electrons. The summed E-state index contributed by atoms with van der Waals surface area (Å²) in [7, 11) is 1.58. The number of methoxy groups -OCH3 is 1. The highest BCUT2D eigenvalue weighted by molar-refractivity contribution is 5.89. The van der Waals surface area contributed by atoms with Crippen molar-refractivity contribution in [3.05, 3.63) is 100 Å². The Morgan fingerprint density at radius 1 is 0.971 bits per heavy atom. The number of esters is 1. The first-order valence-corrected chi connectivity index (χ1v) is 10.3. The van der Waals surface area contributed by atoms with Gasteiger partial charge in [0.2, 0.25) is 0 Å². The van der Waals surface area contributed by atoms with E-state index >= 15 is 0 Å². The monoisotopic (exact) mass is 475 g/mol. The molecule has 0 aliphatic carbocycles. The molecule has 3 rings (SSSR count). The highest BCUT2D eigenvalue weighted by Gasteiger charge is 2.14. The highest BCUT2D eigenvalue weighted by atomic mass is 16.6. The lowest BCUT2D eigenvalue weighted by Crippen LogP contribution is -2.24. The van der Waals surface area contributed by atoms with Crippen LogP contribution in [0, 0.1) is 10.1 Å². The van der Waals surface area contributed by atoms with Crippen LogP contribution < -0.4 is 19.6 Å². The van der Waals surface area contributed by atoms with Gasteiger partial charge in [0.1, 0.15) is 11.5 Å². The zero-order valence-electron chi connectivity index (χ0n) is 18.6. The van der Waals surface area contributed by atoms with Gasteiger partial charge in [-0.05, 0) is 59.7 Å². The number of carbonyl (C=O) groups excluding carboxylic acids is 2. The van der Waals surface area contributed by atoms with E-state index in [1.807, 2.05) is 12.1 Å². The van der Waals surface area contributed by atoms with E-state index in [0.29, 0.717) is 11.3 Å². The lowest BCUT2D eigenvalue weighted by Gasteiger charge is -2.05. The zero-order valence-corrected chi connectivity index (χ0v) is 18.6. The van der Waals surface area contributed by atoms with Crippen molar-refractivity contribution in [1.29, 1.82) is 0 Å². The number of rotatable bonds is 10. The largest absolute Gasteiger partial charge is 0.497 e. The minimum Gasteiger partial charge on any atom is -0.497 e. The summed E-state index contributed by atoms with van der Waals surface area (Å²) in [4.78, 5) is 34.2. The molecule has 3 aromatic carbocycles. The van der Waals surface area contributed by atoms with E-state index in [1.165, 1.54) is 30.5 Å². The Labute approximate surface area is 200 Å². The molecule has 0 fully saturated rings. The maximum Gasteiger partial charge on any atom is 0.336 e. The van der Waals surface area contributed by atoms with Crippen molar-refractivity contribution in [3.63, 3.8) is 0 Å². The molecule has 35 heavy (non-hydrogen) atoms. The van der Waals surface area contributed by atoms with Gasteiger partial charge < -0.3 is 14.2 Å². The van der Waals surface area contributed by atoms with E-state index < -0.39 is 23.4 Å². The van der Waals surface area contributed by atoms with Crippen LogP contribution in [0.2, 0.25) is 0 Å². The molecule has 0 bridgehead atoms.